The molecule has 9 heteroatoms. The van der Waals surface area contributed by atoms with Crippen molar-refractivity contribution in [3.63, 3.8) is 0 Å². The fourth-order valence-corrected chi connectivity index (χ4v) is 4.52. The van der Waals surface area contributed by atoms with E-state index in [2.05, 4.69) is 15.5 Å². The largest absolute Gasteiger partial charge is 0.497 e. The summed E-state index contributed by atoms with van der Waals surface area (Å²) in [7, 11) is 1.57. The number of ether oxygens (including phenoxy) is 2. The minimum absolute atomic E-state index is 0.123. The number of nitrogens with zero attached hydrogens (tertiary/aromatic N) is 3. The van der Waals surface area contributed by atoms with Gasteiger partial charge in [0, 0.05) is 49.1 Å². The number of nitrogens with one attached hydrogen (secondary N) is 2. The number of methoxy groups -OCH3 is 1. The summed E-state index contributed by atoms with van der Waals surface area (Å²) in [6.45, 7) is 4.15. The number of aromatic nitrogens is 2. The molecule has 0 radical (unpaired) electrons. The summed E-state index contributed by atoms with van der Waals surface area (Å²) in [5.74, 6) is -0.149. The molecule has 41 heavy (non-hydrogen) atoms. The van der Waals surface area contributed by atoms with Crippen LogP contribution in [0.3, 0.4) is 0 Å². The molecule has 0 spiro atoms. The van der Waals surface area contributed by atoms with E-state index in [1.54, 1.807) is 42.1 Å². The first-order valence-corrected chi connectivity index (χ1v) is 13.6. The van der Waals surface area contributed by atoms with E-state index in [0.29, 0.717) is 48.9 Å². The highest BCUT2D eigenvalue weighted by Gasteiger charge is 2.19. The zero-order chi connectivity index (χ0) is 28.4. The van der Waals surface area contributed by atoms with Gasteiger partial charge in [0.2, 0.25) is 0 Å². The van der Waals surface area contributed by atoms with Crippen molar-refractivity contribution in [2.24, 2.45) is 0 Å². The van der Waals surface area contributed by atoms with Crippen LogP contribution in [-0.2, 0) is 9.53 Å². The Morgan fingerprint density at radius 1 is 0.951 bits per heavy atom. The number of hydrogen-bond acceptors (Lipinski definition) is 6. The van der Waals surface area contributed by atoms with Crippen LogP contribution in [0.15, 0.2) is 96.8 Å². The van der Waals surface area contributed by atoms with Gasteiger partial charge in [0.25, 0.3) is 11.8 Å². The van der Waals surface area contributed by atoms with Crippen molar-refractivity contribution in [2.75, 3.05) is 46.5 Å². The molecular weight excluding hydrogens is 518 g/mol. The molecule has 9 nitrogen and oxygen atoms in total. The van der Waals surface area contributed by atoms with Gasteiger partial charge in [0.15, 0.2) is 0 Å². The highest BCUT2D eigenvalue weighted by molar-refractivity contribution is 6.05. The topological polar surface area (TPSA) is 97.7 Å². The molecule has 0 bridgehead atoms. The number of carbonyl (C=O) groups excluding carboxylic acids is 2. The fraction of sp³-hybridized carbons (Fsp3) is 0.219. The SMILES string of the molecule is COc1ccc(C(=O)NC(=Cc2cn(-c3ccccc3)nc2-c2ccccc2)C(=O)NCCN2CCOCC2)cc1. The van der Waals surface area contributed by atoms with Gasteiger partial charge in [-0.25, -0.2) is 4.68 Å². The maximum atomic E-state index is 13.5. The summed E-state index contributed by atoms with van der Waals surface area (Å²) >= 11 is 0. The molecule has 4 aromatic rings. The van der Waals surface area contributed by atoms with Crippen molar-refractivity contribution in [1.82, 2.24) is 25.3 Å². The normalized spacial score (nSPS) is 13.9. The highest BCUT2D eigenvalue weighted by atomic mass is 16.5. The third kappa shape index (κ3) is 7.27. The summed E-state index contributed by atoms with van der Waals surface area (Å²) in [5, 5.41) is 10.6. The lowest BCUT2D eigenvalue weighted by molar-refractivity contribution is -0.117. The number of benzene rings is 3. The van der Waals surface area contributed by atoms with Crippen LogP contribution in [0.5, 0.6) is 5.75 Å². The number of morpholine rings is 1. The molecule has 1 fully saturated rings. The van der Waals surface area contributed by atoms with E-state index in [-0.39, 0.29) is 11.6 Å². The van der Waals surface area contributed by atoms with Crippen LogP contribution in [-0.4, -0.2) is 73.0 Å². The molecule has 2 amide bonds. The van der Waals surface area contributed by atoms with Gasteiger partial charge in [-0.05, 0) is 42.5 Å². The average Bonchev–Trinajstić information content (AvgIpc) is 3.46. The van der Waals surface area contributed by atoms with Gasteiger partial charge in [-0.2, -0.15) is 5.10 Å². The second kappa shape index (κ2) is 13.6. The molecule has 3 aromatic carbocycles. The van der Waals surface area contributed by atoms with Gasteiger partial charge in [-0.15, -0.1) is 0 Å². The molecule has 1 aliphatic heterocycles. The summed E-state index contributed by atoms with van der Waals surface area (Å²) < 4.78 is 12.4. The number of carbonyl (C=O) groups is 2. The molecule has 5 rings (SSSR count). The Balaban J connectivity index is 1.46. The van der Waals surface area contributed by atoms with E-state index >= 15 is 0 Å². The minimum Gasteiger partial charge on any atom is -0.497 e. The molecule has 0 atom stereocenters. The van der Waals surface area contributed by atoms with Crippen molar-refractivity contribution in [1.29, 1.82) is 0 Å². The maximum absolute atomic E-state index is 13.5. The predicted molar refractivity (Wildman–Crippen MR) is 158 cm³/mol. The van der Waals surface area contributed by atoms with E-state index < -0.39 is 5.91 Å². The Hall–Kier alpha value is -4.73. The summed E-state index contributed by atoms with van der Waals surface area (Å²) in [5.41, 5.74) is 3.67. The first-order chi connectivity index (χ1) is 20.1. The number of hydrogen-bond donors (Lipinski definition) is 2. The quantitative estimate of drug-likeness (QED) is 0.291. The van der Waals surface area contributed by atoms with Gasteiger partial charge < -0.3 is 20.1 Å². The summed E-state index contributed by atoms with van der Waals surface area (Å²) in [6.07, 6.45) is 3.54. The third-order valence-corrected chi connectivity index (χ3v) is 6.77. The lowest BCUT2D eigenvalue weighted by atomic mass is 10.1. The van der Waals surface area contributed by atoms with Crippen LogP contribution in [0.2, 0.25) is 0 Å². The van der Waals surface area contributed by atoms with E-state index in [1.165, 1.54) is 0 Å². The van der Waals surface area contributed by atoms with Crippen LogP contribution in [0.4, 0.5) is 0 Å². The molecule has 0 unspecified atom stereocenters. The third-order valence-electron chi connectivity index (χ3n) is 6.77. The molecular formula is C32H33N5O4. The lowest BCUT2D eigenvalue weighted by Crippen LogP contribution is -2.42. The van der Waals surface area contributed by atoms with Gasteiger partial charge in [0.05, 0.1) is 26.0 Å². The first kappa shape index (κ1) is 27.8. The molecule has 1 aromatic heterocycles. The molecule has 1 saturated heterocycles. The first-order valence-electron chi connectivity index (χ1n) is 13.6. The zero-order valence-corrected chi connectivity index (χ0v) is 23.0. The van der Waals surface area contributed by atoms with E-state index in [1.807, 2.05) is 66.9 Å². The van der Waals surface area contributed by atoms with E-state index in [9.17, 15) is 9.59 Å². The van der Waals surface area contributed by atoms with Crippen molar-refractivity contribution >= 4 is 17.9 Å². The smallest absolute Gasteiger partial charge is 0.267 e. The summed E-state index contributed by atoms with van der Waals surface area (Å²) in [4.78, 5) is 29.0. The number of amides is 2. The van der Waals surface area contributed by atoms with Gasteiger partial charge in [-0.3, -0.25) is 14.5 Å². The second-order valence-electron chi connectivity index (χ2n) is 9.53. The monoisotopic (exact) mass is 551 g/mol. The van der Waals surface area contributed by atoms with Gasteiger partial charge in [-0.1, -0.05) is 48.5 Å². The fourth-order valence-electron chi connectivity index (χ4n) is 4.52. The highest BCUT2D eigenvalue weighted by Crippen LogP contribution is 2.25. The van der Waals surface area contributed by atoms with Crippen molar-refractivity contribution < 1.29 is 19.1 Å². The molecule has 210 valence electrons. The maximum Gasteiger partial charge on any atom is 0.267 e. The van der Waals surface area contributed by atoms with Crippen LogP contribution >= 0.6 is 0 Å². The van der Waals surface area contributed by atoms with Crippen molar-refractivity contribution in [3.05, 3.63) is 108 Å². The Bertz CT molecular complexity index is 1480. The standard InChI is InChI=1S/C32H33N5O4/c1-40-28-14-12-25(13-15-28)31(38)34-29(32(39)33-16-17-36-18-20-41-21-19-36)22-26-23-37(27-10-6-3-7-11-27)35-30(26)24-8-4-2-5-9-24/h2-15,22-23H,16-21H2,1H3,(H,33,39)(H,34,38). The molecule has 0 saturated carbocycles. The second-order valence-corrected chi connectivity index (χ2v) is 9.53. The molecule has 2 N–H and O–H groups in total. The number of rotatable bonds is 10. The van der Waals surface area contributed by atoms with Crippen molar-refractivity contribution in [2.45, 2.75) is 0 Å². The van der Waals surface area contributed by atoms with E-state index in [0.717, 1.165) is 24.3 Å². The van der Waals surface area contributed by atoms with Crippen LogP contribution < -0.4 is 15.4 Å². The molecule has 2 heterocycles. The Labute approximate surface area is 239 Å². The predicted octanol–water partition coefficient (Wildman–Crippen LogP) is 3.77. The number of para-hydroxylation sites is 1. The zero-order valence-electron chi connectivity index (χ0n) is 23.0. The summed E-state index contributed by atoms with van der Waals surface area (Å²) in [6, 6.07) is 26.2. The average molecular weight is 552 g/mol. The lowest BCUT2D eigenvalue weighted by Gasteiger charge is -2.26. The van der Waals surface area contributed by atoms with Crippen LogP contribution in [0, 0.1) is 0 Å². The van der Waals surface area contributed by atoms with Crippen molar-refractivity contribution in [3.8, 4) is 22.7 Å². The molecule has 1 aliphatic rings. The van der Waals surface area contributed by atoms with Gasteiger partial charge in [0.1, 0.15) is 17.1 Å². The molecule has 0 aliphatic carbocycles. The van der Waals surface area contributed by atoms with Gasteiger partial charge >= 0.3 is 0 Å². The van der Waals surface area contributed by atoms with E-state index in [4.69, 9.17) is 14.6 Å². The minimum atomic E-state index is -0.404. The Morgan fingerprint density at radius 2 is 1.63 bits per heavy atom. The van der Waals surface area contributed by atoms with Crippen LogP contribution in [0.1, 0.15) is 15.9 Å². The van der Waals surface area contributed by atoms with Crippen LogP contribution in [0.25, 0.3) is 23.0 Å². The Morgan fingerprint density at radius 3 is 2.32 bits per heavy atom. The Kier molecular flexibility index (Phi) is 9.20.